The van der Waals surface area contributed by atoms with Gasteiger partial charge in [-0.05, 0) is 23.3 Å². The highest BCUT2D eigenvalue weighted by molar-refractivity contribution is 6.64. The van der Waals surface area contributed by atoms with Gasteiger partial charge in [-0.25, -0.2) is 0 Å². The third kappa shape index (κ3) is 8.46. The van der Waals surface area contributed by atoms with Crippen LogP contribution in [0.4, 0.5) is 0 Å². The maximum Gasteiger partial charge on any atom is 0.825 e. The lowest BCUT2D eigenvalue weighted by Gasteiger charge is -2.12. The van der Waals surface area contributed by atoms with Crippen molar-refractivity contribution in [2.24, 2.45) is 10.2 Å². The molecule has 0 N–H and O–H groups in total. The number of nitrogens with zero attached hydrogens (tertiary/aromatic N) is 4. The maximum atomic E-state index is 6.49. The van der Waals surface area contributed by atoms with Crippen molar-refractivity contribution in [3.05, 3.63) is 102 Å². The van der Waals surface area contributed by atoms with Crippen molar-refractivity contribution in [1.82, 2.24) is 10.0 Å². The van der Waals surface area contributed by atoms with E-state index in [1.165, 1.54) is 0 Å². The van der Waals surface area contributed by atoms with Gasteiger partial charge in [-0.3, -0.25) is 18.9 Å². The maximum absolute atomic E-state index is 6.49. The van der Waals surface area contributed by atoms with E-state index in [0.29, 0.717) is 24.6 Å². The van der Waals surface area contributed by atoms with E-state index < -0.39 is 9.28 Å². The molecule has 0 saturated heterocycles. The first-order valence-electron chi connectivity index (χ1n) is 10.8. The standard InChI is InChI=1S/C26H31N4O2Si/c1-29(2)27-25(20-22-14-8-5-9-15-22)31-33(24-18-12-7-13-19-24)32-26(28-30(3)4)21-23-16-10-6-11-17-23/h5-19H,20-21H2,1-4H3/q+1/b27-25+,28-26+. The summed E-state index contributed by atoms with van der Waals surface area (Å²) in [7, 11) is 5.59. The summed E-state index contributed by atoms with van der Waals surface area (Å²) < 4.78 is 13.0. The molecule has 3 rings (SSSR count). The Labute approximate surface area is 198 Å². The van der Waals surface area contributed by atoms with E-state index in [-0.39, 0.29) is 0 Å². The topological polar surface area (TPSA) is 49.7 Å². The lowest BCUT2D eigenvalue weighted by atomic mass is 10.1. The molecule has 7 heteroatoms. The zero-order chi connectivity index (χ0) is 23.5. The Morgan fingerprint density at radius 1 is 0.606 bits per heavy atom. The van der Waals surface area contributed by atoms with Crippen molar-refractivity contribution in [3.8, 4) is 0 Å². The average Bonchev–Trinajstić information content (AvgIpc) is 2.79. The molecule has 3 aromatic carbocycles. The molecular formula is C26H31N4O2Si+. The molecule has 6 nitrogen and oxygen atoms in total. The molecule has 0 amide bonds. The Morgan fingerprint density at radius 3 is 1.33 bits per heavy atom. The average molecular weight is 460 g/mol. The fourth-order valence-corrected chi connectivity index (χ4v) is 4.49. The summed E-state index contributed by atoms with van der Waals surface area (Å²) in [5.74, 6) is 1.21. The third-order valence-corrected chi connectivity index (χ3v) is 6.10. The predicted octanol–water partition coefficient (Wildman–Crippen LogP) is 3.65. The van der Waals surface area contributed by atoms with Crippen LogP contribution in [0.15, 0.2) is 101 Å². The first kappa shape index (κ1) is 24.1. The van der Waals surface area contributed by atoms with Crippen molar-refractivity contribution in [2.45, 2.75) is 12.8 Å². The quantitative estimate of drug-likeness (QED) is 0.212. The molecular weight excluding hydrogens is 428 g/mol. The molecule has 0 aliphatic rings. The first-order chi connectivity index (χ1) is 16.0. The molecule has 0 spiro atoms. The largest absolute Gasteiger partial charge is 0.825 e. The normalized spacial score (nSPS) is 11.6. The Morgan fingerprint density at radius 2 is 0.970 bits per heavy atom. The molecule has 0 radical (unpaired) electrons. The SMILES string of the molecule is CN(C)/N=C(\Cc1ccccc1)O[Si+](O/C(Cc1ccccc1)=N/N(C)C)c1ccccc1. The molecule has 0 atom stereocenters. The lowest BCUT2D eigenvalue weighted by Crippen LogP contribution is -2.42. The monoisotopic (exact) mass is 459 g/mol. The van der Waals surface area contributed by atoms with Crippen molar-refractivity contribution in [1.29, 1.82) is 0 Å². The Bertz CT molecular complexity index is 960. The number of rotatable bonds is 9. The fraction of sp³-hybridized carbons (Fsp3) is 0.231. The van der Waals surface area contributed by atoms with Gasteiger partial charge in [0.05, 0.1) is 12.8 Å². The Kier molecular flexibility index (Phi) is 9.08. The smallest absolute Gasteiger partial charge is 0.300 e. The van der Waals surface area contributed by atoms with Gasteiger partial charge in [-0.1, -0.05) is 78.9 Å². The molecule has 0 saturated carbocycles. The van der Waals surface area contributed by atoms with Crippen LogP contribution in [0, 0.1) is 0 Å². The van der Waals surface area contributed by atoms with E-state index >= 15 is 0 Å². The summed E-state index contributed by atoms with van der Waals surface area (Å²) in [4.78, 5) is 0. The first-order valence-corrected chi connectivity index (χ1v) is 12.2. The molecule has 3 aromatic rings. The second kappa shape index (κ2) is 12.5. The van der Waals surface area contributed by atoms with Crippen LogP contribution in [-0.4, -0.2) is 59.3 Å². The summed E-state index contributed by atoms with van der Waals surface area (Å²) in [6.07, 6.45) is 1.14. The minimum Gasteiger partial charge on any atom is -0.300 e. The molecule has 0 unspecified atom stereocenters. The highest BCUT2D eigenvalue weighted by atomic mass is 28.3. The summed E-state index contributed by atoms with van der Waals surface area (Å²) in [5.41, 5.74) is 2.25. The van der Waals surface area contributed by atoms with Crippen LogP contribution in [0.3, 0.4) is 0 Å². The molecule has 0 aliphatic carbocycles. The van der Waals surface area contributed by atoms with Crippen molar-refractivity contribution in [2.75, 3.05) is 28.2 Å². The molecule has 0 fully saturated rings. The van der Waals surface area contributed by atoms with E-state index in [9.17, 15) is 0 Å². The second-order valence-electron chi connectivity index (χ2n) is 7.86. The van der Waals surface area contributed by atoms with Gasteiger partial charge in [0.25, 0.3) is 11.8 Å². The molecule has 33 heavy (non-hydrogen) atoms. The van der Waals surface area contributed by atoms with Crippen LogP contribution in [-0.2, 0) is 21.7 Å². The Balaban J connectivity index is 1.89. The van der Waals surface area contributed by atoms with Gasteiger partial charge in [-0.15, -0.1) is 10.2 Å². The van der Waals surface area contributed by atoms with E-state index in [0.717, 1.165) is 16.3 Å². The zero-order valence-corrected chi connectivity index (χ0v) is 20.7. The second-order valence-corrected chi connectivity index (χ2v) is 9.42. The highest BCUT2D eigenvalue weighted by Crippen LogP contribution is 2.08. The van der Waals surface area contributed by atoms with Crippen molar-refractivity contribution in [3.63, 3.8) is 0 Å². The highest BCUT2D eigenvalue weighted by Gasteiger charge is 2.44. The molecule has 0 aromatic heterocycles. The molecule has 0 bridgehead atoms. The molecule has 0 heterocycles. The van der Waals surface area contributed by atoms with Gasteiger partial charge in [0.1, 0.15) is 0 Å². The van der Waals surface area contributed by atoms with Gasteiger partial charge in [0, 0.05) is 28.2 Å². The minimum absolute atomic E-state index is 0.572. The molecule has 170 valence electrons. The van der Waals surface area contributed by atoms with Gasteiger partial charge in [0.15, 0.2) is 5.19 Å². The predicted molar refractivity (Wildman–Crippen MR) is 137 cm³/mol. The van der Waals surface area contributed by atoms with Crippen LogP contribution in [0.2, 0.25) is 0 Å². The number of hydrogen-bond acceptors (Lipinski definition) is 6. The van der Waals surface area contributed by atoms with Gasteiger partial charge in [0.2, 0.25) is 0 Å². The van der Waals surface area contributed by atoms with Crippen molar-refractivity contribution >= 4 is 26.3 Å². The lowest BCUT2D eigenvalue weighted by molar-refractivity contribution is 0.366. The van der Waals surface area contributed by atoms with Crippen LogP contribution >= 0.6 is 0 Å². The van der Waals surface area contributed by atoms with Crippen LogP contribution < -0.4 is 5.19 Å². The Hall–Kier alpha value is -3.58. The van der Waals surface area contributed by atoms with Gasteiger partial charge < -0.3 is 0 Å². The number of benzene rings is 3. The number of hydrogen-bond donors (Lipinski definition) is 0. The summed E-state index contributed by atoms with van der Waals surface area (Å²) >= 11 is 0. The van der Waals surface area contributed by atoms with Gasteiger partial charge in [-0.2, -0.15) is 0 Å². The number of hydrazone groups is 2. The van der Waals surface area contributed by atoms with E-state index in [4.69, 9.17) is 8.85 Å². The fourth-order valence-electron chi connectivity index (χ4n) is 3.10. The minimum atomic E-state index is -1.96. The van der Waals surface area contributed by atoms with E-state index in [2.05, 4.69) is 34.5 Å². The van der Waals surface area contributed by atoms with Gasteiger partial charge >= 0.3 is 9.28 Å². The van der Waals surface area contributed by atoms with E-state index in [1.54, 1.807) is 10.0 Å². The van der Waals surface area contributed by atoms with Crippen LogP contribution in [0.5, 0.6) is 0 Å². The third-order valence-electron chi connectivity index (χ3n) is 4.45. The van der Waals surface area contributed by atoms with Crippen LogP contribution in [0.25, 0.3) is 0 Å². The summed E-state index contributed by atoms with van der Waals surface area (Å²) in [6.45, 7) is 0. The zero-order valence-electron chi connectivity index (χ0n) is 19.7. The molecule has 0 aliphatic heterocycles. The summed E-state index contributed by atoms with van der Waals surface area (Å²) in [6, 6.07) is 30.4. The summed E-state index contributed by atoms with van der Waals surface area (Å²) in [5, 5.41) is 13.7. The van der Waals surface area contributed by atoms with Crippen molar-refractivity contribution < 1.29 is 8.85 Å². The van der Waals surface area contributed by atoms with E-state index in [1.807, 2.05) is 94.9 Å². The van der Waals surface area contributed by atoms with Crippen LogP contribution in [0.1, 0.15) is 11.1 Å².